The first-order chi connectivity index (χ1) is 19.9. The van der Waals surface area contributed by atoms with Gasteiger partial charge in [0.05, 0.1) is 34.4 Å². The van der Waals surface area contributed by atoms with Crippen LogP contribution in [-0.4, -0.2) is 42.9 Å². The number of piperidine rings is 1. The van der Waals surface area contributed by atoms with Gasteiger partial charge in [-0.2, -0.15) is 5.26 Å². The molecule has 1 fully saturated rings. The van der Waals surface area contributed by atoms with Gasteiger partial charge in [-0.05, 0) is 66.4 Å². The first-order valence-corrected chi connectivity index (χ1v) is 15.7. The van der Waals surface area contributed by atoms with Crippen LogP contribution in [0.15, 0.2) is 77.7 Å². The lowest BCUT2D eigenvalue weighted by Gasteiger charge is -2.52. The van der Waals surface area contributed by atoms with Gasteiger partial charge in [0.15, 0.2) is 0 Å². The minimum Gasteiger partial charge on any atom is -0.481 e. The second kappa shape index (κ2) is 12.8. The molecule has 8 nitrogen and oxygen atoms in total. The number of rotatable bonds is 10. The van der Waals surface area contributed by atoms with Crippen molar-refractivity contribution in [3.8, 4) is 6.07 Å². The minimum absolute atomic E-state index is 0.0665. The highest BCUT2D eigenvalue weighted by molar-refractivity contribution is 7.89. The maximum Gasteiger partial charge on any atom is 0.304 e. The molecule has 1 unspecified atom stereocenters. The van der Waals surface area contributed by atoms with Crippen LogP contribution < -0.4 is 4.72 Å². The molecule has 42 heavy (non-hydrogen) atoms. The molecule has 11 heteroatoms. The molecule has 0 spiro atoms. The van der Waals surface area contributed by atoms with Gasteiger partial charge >= 0.3 is 5.97 Å². The summed E-state index contributed by atoms with van der Waals surface area (Å²) in [6, 6.07) is 20.8. The number of nitrogens with one attached hydrogen (secondary N) is 1. The molecule has 1 aliphatic rings. The summed E-state index contributed by atoms with van der Waals surface area (Å²) >= 11 is 12.6. The van der Waals surface area contributed by atoms with E-state index < -0.39 is 39.9 Å². The molecule has 1 saturated heterocycles. The molecule has 0 radical (unpaired) electrons. The van der Waals surface area contributed by atoms with Crippen molar-refractivity contribution in [2.24, 2.45) is 5.41 Å². The van der Waals surface area contributed by atoms with Crippen molar-refractivity contribution in [1.82, 2.24) is 9.62 Å². The van der Waals surface area contributed by atoms with Crippen molar-refractivity contribution in [2.75, 3.05) is 6.54 Å². The zero-order valence-electron chi connectivity index (χ0n) is 23.1. The molecule has 4 rings (SSSR count). The van der Waals surface area contributed by atoms with Gasteiger partial charge in [0.1, 0.15) is 0 Å². The maximum absolute atomic E-state index is 14.4. The van der Waals surface area contributed by atoms with E-state index in [1.165, 1.54) is 24.3 Å². The standard InChI is InChI=1S/C31H31Cl2N3O5S/c1-3-25(19-35-42(40,41)26-9-4-6-20(14-26)18-34)36-29(21-10-12-23(32)13-11-21)27(22-7-5-8-24(33)15-22)16-31(2,30(36)39)17-28(37)38/h4-15,25,27,29,35H,3,16-17,19H2,1-2H3,(H,37,38)/t25?,27-,29-,31-/m1/s1. The molecule has 1 amide bonds. The molecule has 4 atom stereocenters. The Kier molecular flexibility index (Phi) is 9.63. The van der Waals surface area contributed by atoms with Gasteiger partial charge in [-0.1, -0.05) is 67.4 Å². The zero-order valence-corrected chi connectivity index (χ0v) is 25.5. The lowest BCUT2D eigenvalue weighted by atomic mass is 9.67. The Balaban J connectivity index is 1.82. The Morgan fingerprint density at radius 3 is 2.40 bits per heavy atom. The Hall–Kier alpha value is -3.42. The minimum atomic E-state index is -4.03. The van der Waals surface area contributed by atoms with Crippen LogP contribution in [0.4, 0.5) is 0 Å². The second-order valence-electron chi connectivity index (χ2n) is 10.8. The van der Waals surface area contributed by atoms with Crippen LogP contribution >= 0.6 is 23.2 Å². The van der Waals surface area contributed by atoms with Gasteiger partial charge in [-0.15, -0.1) is 0 Å². The van der Waals surface area contributed by atoms with E-state index in [0.717, 1.165) is 11.1 Å². The molecular weight excluding hydrogens is 597 g/mol. The summed E-state index contributed by atoms with van der Waals surface area (Å²) in [6.07, 6.45) is 0.225. The molecule has 1 aliphatic heterocycles. The van der Waals surface area contributed by atoms with Gasteiger partial charge in [-0.25, -0.2) is 13.1 Å². The average molecular weight is 629 g/mol. The smallest absolute Gasteiger partial charge is 0.304 e. The van der Waals surface area contributed by atoms with Crippen molar-refractivity contribution in [1.29, 1.82) is 5.26 Å². The van der Waals surface area contributed by atoms with Crippen LogP contribution in [-0.2, 0) is 19.6 Å². The Morgan fingerprint density at radius 1 is 1.10 bits per heavy atom. The summed E-state index contributed by atoms with van der Waals surface area (Å²) in [5.74, 6) is -1.84. The summed E-state index contributed by atoms with van der Waals surface area (Å²) in [5, 5.41) is 20.0. The number of carboxylic acids is 1. The van der Waals surface area contributed by atoms with Crippen molar-refractivity contribution in [2.45, 2.75) is 56.0 Å². The van der Waals surface area contributed by atoms with Crippen molar-refractivity contribution < 1.29 is 23.1 Å². The fraction of sp³-hybridized carbons (Fsp3) is 0.323. The van der Waals surface area contributed by atoms with E-state index in [9.17, 15) is 28.4 Å². The van der Waals surface area contributed by atoms with Crippen molar-refractivity contribution in [3.05, 3.63) is 99.5 Å². The first kappa shape index (κ1) is 31.5. The topological polar surface area (TPSA) is 128 Å². The van der Waals surface area contributed by atoms with Crippen LogP contribution in [0.3, 0.4) is 0 Å². The summed E-state index contributed by atoms with van der Waals surface area (Å²) < 4.78 is 29.1. The van der Waals surface area contributed by atoms with Crippen molar-refractivity contribution in [3.63, 3.8) is 0 Å². The Morgan fingerprint density at radius 2 is 1.79 bits per heavy atom. The number of benzene rings is 3. The summed E-state index contributed by atoms with van der Waals surface area (Å²) in [6.45, 7) is 3.37. The summed E-state index contributed by atoms with van der Waals surface area (Å²) in [4.78, 5) is 27.9. The normalized spacial score (nSPS) is 21.5. The van der Waals surface area contributed by atoms with Gasteiger partial charge in [-0.3, -0.25) is 9.59 Å². The molecule has 0 saturated carbocycles. The summed E-state index contributed by atoms with van der Waals surface area (Å²) in [5.41, 5.74) is 0.543. The molecule has 3 aromatic carbocycles. The molecule has 220 valence electrons. The van der Waals surface area contributed by atoms with Crippen LogP contribution in [0.1, 0.15) is 61.8 Å². The number of carbonyl (C=O) groups excluding carboxylic acids is 1. The van der Waals surface area contributed by atoms with Crippen LogP contribution in [0.2, 0.25) is 10.0 Å². The number of carboxylic acid groups (broad SMARTS) is 1. The third-order valence-corrected chi connectivity index (χ3v) is 9.69. The van der Waals surface area contributed by atoms with E-state index in [-0.39, 0.29) is 35.2 Å². The number of carbonyl (C=O) groups is 2. The zero-order chi connectivity index (χ0) is 30.7. The van der Waals surface area contributed by atoms with Crippen molar-refractivity contribution >= 4 is 45.1 Å². The maximum atomic E-state index is 14.4. The van der Waals surface area contributed by atoms with Crippen LogP contribution in [0, 0.1) is 16.7 Å². The lowest BCUT2D eigenvalue weighted by molar-refractivity contribution is -0.160. The number of nitriles is 1. The number of halogens is 2. The number of hydrogen-bond acceptors (Lipinski definition) is 5. The Labute approximate surface area is 255 Å². The second-order valence-corrected chi connectivity index (χ2v) is 13.4. The highest BCUT2D eigenvalue weighted by Gasteiger charge is 2.52. The quantitative estimate of drug-likeness (QED) is 0.277. The highest BCUT2D eigenvalue weighted by atomic mass is 35.5. The van der Waals surface area contributed by atoms with E-state index in [2.05, 4.69) is 4.72 Å². The Bertz CT molecular complexity index is 1620. The van der Waals surface area contributed by atoms with Crippen LogP contribution in [0.5, 0.6) is 0 Å². The monoisotopic (exact) mass is 627 g/mol. The molecule has 0 aromatic heterocycles. The molecule has 0 bridgehead atoms. The number of likely N-dealkylation sites (tertiary alicyclic amines) is 1. The molecule has 2 N–H and O–H groups in total. The van der Waals surface area contributed by atoms with E-state index in [1.54, 1.807) is 30.0 Å². The highest BCUT2D eigenvalue weighted by Crippen LogP contribution is 2.52. The number of aliphatic carboxylic acids is 1. The fourth-order valence-electron chi connectivity index (χ4n) is 5.74. The lowest BCUT2D eigenvalue weighted by Crippen LogP contribution is -2.58. The number of nitrogens with zero attached hydrogens (tertiary/aromatic N) is 2. The van der Waals surface area contributed by atoms with Gasteiger partial charge < -0.3 is 10.0 Å². The number of sulfonamides is 1. The average Bonchev–Trinajstić information content (AvgIpc) is 2.95. The largest absolute Gasteiger partial charge is 0.481 e. The number of amides is 1. The molecule has 3 aromatic rings. The fourth-order valence-corrected chi connectivity index (χ4v) is 7.19. The van der Waals surface area contributed by atoms with Gasteiger partial charge in [0.2, 0.25) is 15.9 Å². The predicted molar refractivity (Wildman–Crippen MR) is 161 cm³/mol. The number of hydrogen-bond donors (Lipinski definition) is 2. The van der Waals surface area contributed by atoms with Gasteiger partial charge in [0.25, 0.3) is 0 Å². The third-order valence-electron chi connectivity index (χ3n) is 7.78. The SMILES string of the molecule is CCC(CNS(=O)(=O)c1cccc(C#N)c1)N1C(=O)[C@@](C)(CC(=O)O)C[C@H](c2cccc(Cl)c2)[C@H]1c1ccc(Cl)cc1. The van der Waals surface area contributed by atoms with E-state index >= 15 is 0 Å². The predicted octanol–water partition coefficient (Wildman–Crippen LogP) is 6.16. The molecule has 0 aliphatic carbocycles. The first-order valence-electron chi connectivity index (χ1n) is 13.4. The van der Waals surface area contributed by atoms with E-state index in [1.807, 2.05) is 43.3 Å². The molecule has 1 heterocycles. The third kappa shape index (κ3) is 6.79. The van der Waals surface area contributed by atoms with Crippen LogP contribution in [0.25, 0.3) is 0 Å². The van der Waals surface area contributed by atoms with E-state index in [4.69, 9.17) is 23.2 Å². The molecular formula is C31H31Cl2N3O5S. The van der Waals surface area contributed by atoms with E-state index in [0.29, 0.717) is 16.5 Å². The van der Waals surface area contributed by atoms with Gasteiger partial charge in [0, 0.05) is 28.5 Å². The summed E-state index contributed by atoms with van der Waals surface area (Å²) in [7, 11) is -4.03.